The van der Waals surface area contributed by atoms with Gasteiger partial charge in [-0.15, -0.1) is 0 Å². The zero-order chi connectivity index (χ0) is 17.2. The molecule has 4 heteroatoms. The molecule has 0 spiro atoms. The number of halogens is 1. The molecule has 2 aromatic rings. The Bertz CT molecular complexity index is 743. The Kier molecular flexibility index (Phi) is 4.76. The van der Waals surface area contributed by atoms with Gasteiger partial charge < -0.3 is 4.74 Å². The topological polar surface area (TPSA) is 29.5 Å². The lowest BCUT2D eigenvalue weighted by molar-refractivity contribution is 0.152. The minimum absolute atomic E-state index is 0.193. The number of rotatable bonds is 4. The highest BCUT2D eigenvalue weighted by atomic mass is 79.9. The molecule has 1 aliphatic heterocycles. The lowest BCUT2D eigenvalue weighted by Gasteiger charge is -2.38. The number of hydrogen-bond donors (Lipinski definition) is 0. The van der Waals surface area contributed by atoms with E-state index in [2.05, 4.69) is 41.9 Å². The number of carbonyl (C=O) groups excluding carboxylic acids is 1. The molecule has 3 rings (SSSR count). The Hall–Kier alpha value is -2.07. The molecule has 0 radical (unpaired) electrons. The van der Waals surface area contributed by atoms with E-state index in [1.807, 2.05) is 54.7 Å². The normalized spacial score (nSPS) is 21.2. The van der Waals surface area contributed by atoms with E-state index in [-0.39, 0.29) is 12.0 Å². The monoisotopic (exact) mass is 385 g/mol. The lowest BCUT2D eigenvalue weighted by atomic mass is 9.80. The second-order valence-electron chi connectivity index (χ2n) is 6.21. The molecule has 1 saturated heterocycles. The summed E-state index contributed by atoms with van der Waals surface area (Å²) in [5.74, 6) is 0.193. The molecule has 1 atom stereocenters. The van der Waals surface area contributed by atoms with Crippen LogP contribution in [0.5, 0.6) is 0 Å². The second kappa shape index (κ2) is 6.81. The van der Waals surface area contributed by atoms with E-state index >= 15 is 0 Å². The van der Waals surface area contributed by atoms with Crippen molar-refractivity contribution in [1.29, 1.82) is 0 Å². The van der Waals surface area contributed by atoms with Gasteiger partial charge in [-0.25, -0.2) is 4.79 Å². The summed E-state index contributed by atoms with van der Waals surface area (Å²) in [7, 11) is 0. The average molecular weight is 386 g/mol. The molecule has 0 N–H and O–H groups in total. The molecule has 1 amide bonds. The van der Waals surface area contributed by atoms with Crippen LogP contribution in [-0.2, 0) is 10.3 Å². The first-order valence-corrected chi connectivity index (χ1v) is 8.79. The van der Waals surface area contributed by atoms with Gasteiger partial charge in [0.25, 0.3) is 0 Å². The van der Waals surface area contributed by atoms with Crippen molar-refractivity contribution in [2.75, 3.05) is 6.61 Å². The SMILES string of the molecule is CC(C)[C@@]1(c2ccccc2)COC(=O)N1/C=C(\Br)c1ccccc1. The van der Waals surface area contributed by atoms with Crippen LogP contribution >= 0.6 is 15.9 Å². The lowest BCUT2D eigenvalue weighted by Crippen LogP contribution is -2.45. The van der Waals surface area contributed by atoms with Crippen molar-refractivity contribution in [2.24, 2.45) is 5.92 Å². The third-order valence-electron chi connectivity index (χ3n) is 4.56. The Morgan fingerprint density at radius 3 is 2.29 bits per heavy atom. The maximum absolute atomic E-state index is 12.5. The molecular formula is C20H20BrNO2. The van der Waals surface area contributed by atoms with Crippen LogP contribution in [0.25, 0.3) is 4.48 Å². The van der Waals surface area contributed by atoms with Crippen molar-refractivity contribution in [1.82, 2.24) is 4.90 Å². The van der Waals surface area contributed by atoms with Crippen molar-refractivity contribution < 1.29 is 9.53 Å². The number of hydrogen-bond acceptors (Lipinski definition) is 2. The number of benzene rings is 2. The number of nitrogens with zero attached hydrogens (tertiary/aromatic N) is 1. The summed E-state index contributed by atoms with van der Waals surface area (Å²) in [6.07, 6.45) is 1.53. The van der Waals surface area contributed by atoms with E-state index in [0.29, 0.717) is 6.61 Å². The molecule has 0 aromatic heterocycles. The molecule has 1 heterocycles. The molecule has 3 nitrogen and oxygen atoms in total. The van der Waals surface area contributed by atoms with Crippen molar-refractivity contribution in [3.8, 4) is 0 Å². The summed E-state index contributed by atoms with van der Waals surface area (Å²) in [5.41, 5.74) is 1.59. The van der Waals surface area contributed by atoms with Gasteiger partial charge in [0.15, 0.2) is 0 Å². The highest BCUT2D eigenvalue weighted by molar-refractivity contribution is 9.15. The summed E-state index contributed by atoms with van der Waals surface area (Å²) in [5, 5.41) is 0. The summed E-state index contributed by atoms with van der Waals surface area (Å²) in [6.45, 7) is 4.58. The van der Waals surface area contributed by atoms with E-state index in [4.69, 9.17) is 4.74 Å². The van der Waals surface area contributed by atoms with Gasteiger partial charge in [0.05, 0.1) is 0 Å². The maximum atomic E-state index is 12.5. The van der Waals surface area contributed by atoms with Gasteiger partial charge in [0.2, 0.25) is 0 Å². The number of amides is 1. The van der Waals surface area contributed by atoms with Crippen LogP contribution in [0, 0.1) is 5.92 Å². The first-order chi connectivity index (χ1) is 11.6. The molecule has 1 aliphatic rings. The molecular weight excluding hydrogens is 366 g/mol. The molecule has 0 unspecified atom stereocenters. The fourth-order valence-corrected chi connectivity index (χ4v) is 3.62. The molecule has 124 valence electrons. The fraction of sp³-hybridized carbons (Fsp3) is 0.250. The first-order valence-electron chi connectivity index (χ1n) is 8.00. The predicted molar refractivity (Wildman–Crippen MR) is 99.5 cm³/mol. The Labute approximate surface area is 151 Å². The van der Waals surface area contributed by atoms with Crippen LogP contribution in [0.2, 0.25) is 0 Å². The molecule has 0 saturated carbocycles. The number of ether oxygens (including phenoxy) is 1. The highest BCUT2D eigenvalue weighted by Gasteiger charge is 2.50. The highest BCUT2D eigenvalue weighted by Crippen LogP contribution is 2.42. The van der Waals surface area contributed by atoms with E-state index in [9.17, 15) is 4.79 Å². The molecule has 0 bridgehead atoms. The first kappa shape index (κ1) is 16.8. The average Bonchev–Trinajstić information content (AvgIpc) is 2.94. The molecule has 1 fully saturated rings. The fourth-order valence-electron chi connectivity index (χ4n) is 3.15. The van der Waals surface area contributed by atoms with Crippen molar-refractivity contribution in [3.63, 3.8) is 0 Å². The van der Waals surface area contributed by atoms with Gasteiger partial charge in [0.1, 0.15) is 12.1 Å². The number of cyclic esters (lactones) is 1. The third kappa shape index (κ3) is 2.86. The second-order valence-corrected chi connectivity index (χ2v) is 7.07. The summed E-state index contributed by atoms with van der Waals surface area (Å²) >= 11 is 3.61. The maximum Gasteiger partial charge on any atom is 0.414 e. The van der Waals surface area contributed by atoms with Crippen LogP contribution in [0.1, 0.15) is 25.0 Å². The van der Waals surface area contributed by atoms with Gasteiger partial charge in [-0.05, 0) is 33.0 Å². The van der Waals surface area contributed by atoms with Gasteiger partial charge >= 0.3 is 6.09 Å². The third-order valence-corrected chi connectivity index (χ3v) is 5.23. The van der Waals surface area contributed by atoms with Crippen molar-refractivity contribution in [3.05, 3.63) is 78.0 Å². The largest absolute Gasteiger partial charge is 0.446 e. The van der Waals surface area contributed by atoms with Crippen molar-refractivity contribution >= 4 is 26.5 Å². The summed E-state index contributed by atoms with van der Waals surface area (Å²) in [6, 6.07) is 20.0. The van der Waals surface area contributed by atoms with E-state index in [1.54, 1.807) is 4.90 Å². The smallest absolute Gasteiger partial charge is 0.414 e. The Balaban J connectivity index is 2.08. The Morgan fingerprint density at radius 2 is 1.71 bits per heavy atom. The van der Waals surface area contributed by atoms with Crippen LogP contribution in [-0.4, -0.2) is 17.6 Å². The van der Waals surface area contributed by atoms with E-state index in [0.717, 1.165) is 15.6 Å². The Morgan fingerprint density at radius 1 is 1.12 bits per heavy atom. The number of carbonyl (C=O) groups is 1. The minimum Gasteiger partial charge on any atom is -0.446 e. The van der Waals surface area contributed by atoms with Crippen LogP contribution in [0.3, 0.4) is 0 Å². The minimum atomic E-state index is -0.508. The van der Waals surface area contributed by atoms with Gasteiger partial charge in [-0.1, -0.05) is 74.5 Å². The summed E-state index contributed by atoms with van der Waals surface area (Å²) < 4.78 is 6.31. The van der Waals surface area contributed by atoms with E-state index < -0.39 is 5.54 Å². The van der Waals surface area contributed by atoms with Gasteiger partial charge in [-0.2, -0.15) is 0 Å². The van der Waals surface area contributed by atoms with Crippen LogP contribution in [0.15, 0.2) is 66.9 Å². The zero-order valence-corrected chi connectivity index (χ0v) is 15.4. The quantitative estimate of drug-likeness (QED) is 0.706. The molecule has 0 aliphatic carbocycles. The molecule has 2 aromatic carbocycles. The predicted octanol–water partition coefficient (Wildman–Crippen LogP) is 5.38. The standard InChI is InChI=1S/C20H20BrNO2/c1-15(2)20(17-11-7-4-8-12-17)14-24-19(23)22(20)13-18(21)16-9-5-3-6-10-16/h3-13,15H,14H2,1-2H3/b18-13-/t20-/m1/s1. The van der Waals surface area contributed by atoms with Crippen molar-refractivity contribution in [2.45, 2.75) is 19.4 Å². The van der Waals surface area contributed by atoms with Gasteiger partial charge in [-0.3, -0.25) is 4.90 Å². The molecule has 24 heavy (non-hydrogen) atoms. The van der Waals surface area contributed by atoms with Crippen LogP contribution in [0.4, 0.5) is 4.79 Å². The van der Waals surface area contributed by atoms with Crippen LogP contribution < -0.4 is 0 Å². The zero-order valence-electron chi connectivity index (χ0n) is 13.8. The summed E-state index contributed by atoms with van der Waals surface area (Å²) in [4.78, 5) is 14.2. The van der Waals surface area contributed by atoms with Gasteiger partial charge in [0, 0.05) is 10.7 Å². The van der Waals surface area contributed by atoms with E-state index in [1.165, 1.54) is 0 Å².